The maximum atomic E-state index is 12.5. The minimum Gasteiger partial charge on any atom is -0.309 e. The number of hydrogen-bond acceptors (Lipinski definition) is 4. The van der Waals surface area contributed by atoms with Crippen LogP contribution in [0.4, 0.5) is 0 Å². The summed E-state index contributed by atoms with van der Waals surface area (Å²) >= 11 is 0. The number of pyridine rings is 2. The highest BCUT2D eigenvalue weighted by molar-refractivity contribution is 6.23. The molecule has 12 heteroatoms. The van der Waals surface area contributed by atoms with E-state index in [-0.39, 0.29) is 0 Å². The topological polar surface area (TPSA) is 113 Å². The standard InChI is InChI=1S/C132H78N12/c133-79-86-69-129(142-123-58-52-89(138-114-42-18-9-32-94(114)95-33-10-19-43-115(95)138)72-109(123)110-73-90(53-59-124(110)142)139-116-44-20-11-34-96(116)97-35-12-21-45-117(97)139)104(83-60-64-135-65-61-83)77-126(86)141-121-56-51-88(137-112-40-16-7-30-92(112)93-31-8-17-41-113(93)137)71-107(121)108-74-91(54-57-122(108)141)140-120-48-24-15-38-102(120)132-101(39-25-49-125(132)140)106-75-111-99-37-14-23-47-119(99)144(131(111)76-103(106)82-28-5-2-6-29-82)130-70-87(80-134)127(78-105(130)84-62-66-136-67-63-84)143-118-46-22-13-36-98(118)100-55-50-85(68-128(100)143)81-26-3-1-4-27-81/h1-78H. The SMILES string of the molecule is N#Cc1cc(-n2c3ccc(-n4c5ccccc5c5ccccc54)cc3c3cc(-n4c5ccccc5c5ccccc54)ccc32)c(-c2ccncc2)cc1-n1c2ccc(-n3c4ccccc4c4ccccc43)cc2c2cc(-n3c4ccccc4c4c(-c5cc6c7ccccc7n(-c7cc(C#N)c(-n8c9ccccc9c9ccc(-c%10ccccc%10)cc98)cc7-c7ccncc7)c6cc5-c5ccccc5)cccc43)ccc21. The summed E-state index contributed by atoms with van der Waals surface area (Å²) in [6.07, 6.45) is 7.46. The summed E-state index contributed by atoms with van der Waals surface area (Å²) < 4.78 is 19.1. The number of nitrogens with zero attached hydrogens (tertiary/aromatic N) is 12. The number of para-hydroxylation sites is 9. The Bertz CT molecular complexity index is 10500. The summed E-state index contributed by atoms with van der Waals surface area (Å²) in [4.78, 5) is 9.24. The molecular weight excluding hydrogens is 1750 g/mol. The molecule has 12 nitrogen and oxygen atoms in total. The summed E-state index contributed by atoms with van der Waals surface area (Å²) in [6.45, 7) is 0. The minimum atomic E-state index is 0.495. The van der Waals surface area contributed by atoms with Crippen molar-refractivity contribution >= 4 is 174 Å². The molecule has 20 aromatic carbocycles. The molecule has 30 rings (SSSR count). The Morgan fingerprint density at radius 2 is 0.438 bits per heavy atom. The second kappa shape index (κ2) is 31.3. The molecule has 10 aromatic heterocycles. The molecular formula is C132H78N12. The third kappa shape index (κ3) is 11.8. The zero-order valence-corrected chi connectivity index (χ0v) is 77.4. The highest BCUT2D eigenvalue weighted by atomic mass is 15.1. The lowest BCUT2D eigenvalue weighted by Crippen LogP contribution is -2.04. The van der Waals surface area contributed by atoms with E-state index < -0.39 is 0 Å². The van der Waals surface area contributed by atoms with Gasteiger partial charge >= 0.3 is 0 Å². The number of rotatable bonds is 13. The van der Waals surface area contributed by atoms with E-state index in [0.29, 0.717) is 11.1 Å². The molecule has 0 N–H and O–H groups in total. The molecule has 0 fully saturated rings. The maximum absolute atomic E-state index is 12.5. The molecule has 666 valence electrons. The minimum absolute atomic E-state index is 0.495. The predicted octanol–water partition coefficient (Wildman–Crippen LogP) is 33.3. The summed E-state index contributed by atoms with van der Waals surface area (Å²) in [7, 11) is 0. The zero-order chi connectivity index (χ0) is 94.6. The van der Waals surface area contributed by atoms with Crippen LogP contribution in [0.25, 0.3) is 276 Å². The van der Waals surface area contributed by atoms with Gasteiger partial charge in [-0.05, 0) is 245 Å². The van der Waals surface area contributed by atoms with Crippen LogP contribution in [0, 0.1) is 22.7 Å². The van der Waals surface area contributed by atoms with Crippen molar-refractivity contribution in [2.45, 2.75) is 0 Å². The molecule has 30 aromatic rings. The fraction of sp³-hybridized carbons (Fsp3) is 0. The third-order valence-corrected chi connectivity index (χ3v) is 30.3. The van der Waals surface area contributed by atoms with E-state index in [1.807, 2.05) is 24.8 Å². The highest BCUT2D eigenvalue weighted by Gasteiger charge is 2.31. The number of aromatic nitrogens is 10. The largest absolute Gasteiger partial charge is 0.309 e. The van der Waals surface area contributed by atoms with Gasteiger partial charge in [0, 0.05) is 145 Å². The van der Waals surface area contributed by atoms with Gasteiger partial charge < -0.3 is 36.5 Å². The average Bonchev–Trinajstić information content (AvgIpc) is 1.55. The molecule has 0 aliphatic heterocycles. The summed E-state index contributed by atoms with van der Waals surface area (Å²) in [5.74, 6) is 0. The summed E-state index contributed by atoms with van der Waals surface area (Å²) in [5.41, 5.74) is 35.2. The molecule has 10 heterocycles. The molecule has 0 aliphatic carbocycles. The van der Waals surface area contributed by atoms with Crippen molar-refractivity contribution in [3.05, 3.63) is 485 Å². The van der Waals surface area contributed by atoms with Crippen molar-refractivity contribution in [2.75, 3.05) is 0 Å². The van der Waals surface area contributed by atoms with Crippen molar-refractivity contribution in [1.82, 2.24) is 46.5 Å². The van der Waals surface area contributed by atoms with Gasteiger partial charge in [-0.25, -0.2) is 0 Å². The van der Waals surface area contributed by atoms with Gasteiger partial charge in [0.1, 0.15) is 12.1 Å². The van der Waals surface area contributed by atoms with Crippen LogP contribution in [-0.2, 0) is 0 Å². The van der Waals surface area contributed by atoms with E-state index >= 15 is 0 Å². The number of fused-ring (bicyclic) bond motifs is 24. The van der Waals surface area contributed by atoms with Crippen molar-refractivity contribution in [2.24, 2.45) is 0 Å². The first kappa shape index (κ1) is 80.2. The molecule has 144 heavy (non-hydrogen) atoms. The summed E-state index contributed by atoms with van der Waals surface area (Å²) in [5, 5.41) is 42.1. The van der Waals surface area contributed by atoms with Crippen LogP contribution >= 0.6 is 0 Å². The van der Waals surface area contributed by atoms with Crippen LogP contribution < -0.4 is 0 Å². The van der Waals surface area contributed by atoms with Gasteiger partial charge in [-0.15, -0.1) is 0 Å². The lowest BCUT2D eigenvalue weighted by atomic mass is 9.90. The molecule has 0 aliphatic rings. The third-order valence-electron chi connectivity index (χ3n) is 30.3. The van der Waals surface area contributed by atoms with Crippen LogP contribution in [0.5, 0.6) is 0 Å². The quantitative estimate of drug-likeness (QED) is 0.114. The predicted molar refractivity (Wildman–Crippen MR) is 593 cm³/mol. The van der Waals surface area contributed by atoms with Crippen molar-refractivity contribution in [3.63, 3.8) is 0 Å². The molecule has 0 radical (unpaired) electrons. The molecule has 0 bridgehead atoms. The Labute approximate surface area is 823 Å². The highest BCUT2D eigenvalue weighted by Crippen LogP contribution is 2.52. The summed E-state index contributed by atoms with van der Waals surface area (Å²) in [6, 6.07) is 169. The Balaban J connectivity index is 0.628. The van der Waals surface area contributed by atoms with E-state index in [0.717, 1.165) is 243 Å². The Kier molecular flexibility index (Phi) is 17.4. The zero-order valence-electron chi connectivity index (χ0n) is 77.4. The van der Waals surface area contributed by atoms with Crippen LogP contribution in [-0.4, -0.2) is 46.5 Å². The number of benzene rings is 20. The normalized spacial score (nSPS) is 12.0. The first-order valence-electron chi connectivity index (χ1n) is 48.8. The smallest absolute Gasteiger partial charge is 0.101 e. The molecule has 0 saturated carbocycles. The second-order valence-electron chi connectivity index (χ2n) is 37.7. The van der Waals surface area contributed by atoms with Gasteiger partial charge in [-0.3, -0.25) is 9.97 Å². The van der Waals surface area contributed by atoms with Gasteiger partial charge in [0.2, 0.25) is 0 Å². The van der Waals surface area contributed by atoms with Gasteiger partial charge in [0.25, 0.3) is 0 Å². The fourth-order valence-corrected chi connectivity index (χ4v) is 24.2. The monoisotopic (exact) mass is 1830 g/mol. The molecule has 0 amide bonds. The Morgan fingerprint density at radius 1 is 0.153 bits per heavy atom. The number of nitriles is 2. The van der Waals surface area contributed by atoms with E-state index in [1.54, 1.807) is 0 Å². The molecule has 0 atom stereocenters. The van der Waals surface area contributed by atoms with E-state index in [9.17, 15) is 10.5 Å². The van der Waals surface area contributed by atoms with Gasteiger partial charge in [0.05, 0.1) is 122 Å². The lowest BCUT2D eigenvalue weighted by Gasteiger charge is -2.19. The second-order valence-corrected chi connectivity index (χ2v) is 37.7. The van der Waals surface area contributed by atoms with E-state index in [4.69, 9.17) is 0 Å². The maximum Gasteiger partial charge on any atom is 0.101 e. The fourth-order valence-electron chi connectivity index (χ4n) is 24.2. The Morgan fingerprint density at radius 3 is 0.833 bits per heavy atom. The number of hydrogen-bond donors (Lipinski definition) is 0. The first-order chi connectivity index (χ1) is 71.4. The lowest BCUT2D eigenvalue weighted by molar-refractivity contribution is 1.13. The average molecular weight is 1830 g/mol. The van der Waals surface area contributed by atoms with Crippen LogP contribution in [0.2, 0.25) is 0 Å². The van der Waals surface area contributed by atoms with Crippen LogP contribution in [0.15, 0.2) is 474 Å². The van der Waals surface area contributed by atoms with Crippen LogP contribution in [0.1, 0.15) is 11.1 Å². The van der Waals surface area contributed by atoms with E-state index in [2.05, 4.69) is 508 Å². The van der Waals surface area contributed by atoms with Crippen molar-refractivity contribution in [3.8, 4) is 113 Å². The molecule has 0 saturated heterocycles. The van der Waals surface area contributed by atoms with Crippen LogP contribution in [0.3, 0.4) is 0 Å². The Hall–Kier alpha value is -19.9. The first-order valence-corrected chi connectivity index (χ1v) is 48.8. The molecule has 0 spiro atoms. The molecule has 0 unspecified atom stereocenters. The van der Waals surface area contributed by atoms with Crippen molar-refractivity contribution < 1.29 is 0 Å². The van der Waals surface area contributed by atoms with Gasteiger partial charge in [-0.1, -0.05) is 249 Å². The van der Waals surface area contributed by atoms with E-state index in [1.165, 1.54) is 32.3 Å². The van der Waals surface area contributed by atoms with Gasteiger partial charge in [0.15, 0.2) is 0 Å². The van der Waals surface area contributed by atoms with Crippen molar-refractivity contribution in [1.29, 1.82) is 10.5 Å². The van der Waals surface area contributed by atoms with Gasteiger partial charge in [-0.2, -0.15) is 10.5 Å².